The van der Waals surface area contributed by atoms with E-state index in [1.807, 2.05) is 0 Å². The minimum atomic E-state index is -5.02. The number of fused-ring (bicyclic) bond motifs is 1. The highest BCUT2D eigenvalue weighted by Gasteiger charge is 2.41. The molecule has 188 valence electrons. The molecule has 1 atom stereocenters. The molecule has 3 aromatic carbocycles. The van der Waals surface area contributed by atoms with Crippen LogP contribution in [0.4, 0.5) is 26.3 Å². The van der Waals surface area contributed by atoms with Crippen LogP contribution in [0.1, 0.15) is 44.2 Å². The minimum absolute atomic E-state index is 0.00314. The number of nitrogens with one attached hydrogen (secondary N) is 1. The molecular weight excluding hydrogens is 490 g/mol. The highest BCUT2D eigenvalue weighted by molar-refractivity contribution is 6.04. The number of nitrogens with zero attached hydrogens (tertiary/aromatic N) is 1. The molecule has 36 heavy (non-hydrogen) atoms. The second-order valence-corrected chi connectivity index (χ2v) is 8.22. The van der Waals surface area contributed by atoms with Crippen molar-refractivity contribution in [1.29, 1.82) is 0 Å². The Morgan fingerprint density at radius 1 is 0.861 bits per heavy atom. The van der Waals surface area contributed by atoms with Crippen LogP contribution in [0.5, 0.6) is 5.75 Å². The van der Waals surface area contributed by atoms with Crippen molar-refractivity contribution in [2.24, 2.45) is 0 Å². The van der Waals surface area contributed by atoms with E-state index < -0.39 is 53.4 Å². The Labute approximate surface area is 201 Å². The second-order valence-electron chi connectivity index (χ2n) is 8.22. The third-order valence-corrected chi connectivity index (χ3v) is 5.71. The van der Waals surface area contributed by atoms with Crippen molar-refractivity contribution in [2.75, 3.05) is 0 Å². The molecule has 5 nitrogen and oxygen atoms in total. The monoisotopic (exact) mass is 508 g/mol. The maximum atomic E-state index is 13.2. The van der Waals surface area contributed by atoms with Gasteiger partial charge in [-0.05, 0) is 53.1 Å². The number of aromatic hydroxyl groups is 1. The fourth-order valence-corrected chi connectivity index (χ4v) is 4.02. The first kappa shape index (κ1) is 25.1. The van der Waals surface area contributed by atoms with Crippen LogP contribution in [0, 0.1) is 0 Å². The summed E-state index contributed by atoms with van der Waals surface area (Å²) in [7, 11) is 0. The summed E-state index contributed by atoms with van der Waals surface area (Å²) in [6.07, 6.45) is -10.0. The average Bonchev–Trinajstić information content (AvgIpc) is 3.09. The number of carbonyl (C=O) groups excluding carboxylic acids is 2. The Hall–Kier alpha value is -4.02. The summed E-state index contributed by atoms with van der Waals surface area (Å²) < 4.78 is 78.9. The Morgan fingerprint density at radius 3 is 2.03 bits per heavy atom. The third-order valence-electron chi connectivity index (χ3n) is 5.71. The van der Waals surface area contributed by atoms with Crippen LogP contribution in [0.2, 0.25) is 0 Å². The van der Waals surface area contributed by atoms with Gasteiger partial charge < -0.3 is 15.3 Å². The molecule has 1 aliphatic rings. The largest absolute Gasteiger partial charge is 0.508 e. The molecule has 1 aliphatic heterocycles. The topological polar surface area (TPSA) is 69.6 Å². The van der Waals surface area contributed by atoms with E-state index in [1.54, 1.807) is 30.3 Å². The fourth-order valence-electron chi connectivity index (χ4n) is 4.02. The molecule has 2 amide bonds. The Morgan fingerprint density at radius 2 is 1.44 bits per heavy atom. The summed E-state index contributed by atoms with van der Waals surface area (Å²) in [5, 5.41) is 11.9. The van der Waals surface area contributed by atoms with E-state index in [1.165, 1.54) is 23.1 Å². The molecule has 3 aromatic rings. The van der Waals surface area contributed by atoms with Gasteiger partial charge >= 0.3 is 12.4 Å². The molecular formula is C25H18F6N2O3. The number of alkyl halides is 6. The first-order valence-electron chi connectivity index (χ1n) is 10.6. The number of amides is 2. The van der Waals surface area contributed by atoms with Crippen molar-refractivity contribution in [1.82, 2.24) is 10.2 Å². The van der Waals surface area contributed by atoms with Crippen molar-refractivity contribution in [3.8, 4) is 5.75 Å². The van der Waals surface area contributed by atoms with Crippen molar-refractivity contribution < 1.29 is 41.0 Å². The number of hydrogen-bond acceptors (Lipinski definition) is 3. The molecule has 4 rings (SSSR count). The number of halogens is 6. The minimum Gasteiger partial charge on any atom is -0.508 e. The zero-order valence-electron chi connectivity index (χ0n) is 18.3. The van der Waals surface area contributed by atoms with E-state index in [4.69, 9.17) is 0 Å². The molecule has 0 saturated carbocycles. The first-order chi connectivity index (χ1) is 16.8. The van der Waals surface area contributed by atoms with Gasteiger partial charge in [0.1, 0.15) is 11.8 Å². The molecule has 0 bridgehead atoms. The van der Waals surface area contributed by atoms with Gasteiger partial charge in [0, 0.05) is 18.7 Å². The van der Waals surface area contributed by atoms with Crippen LogP contribution in [-0.4, -0.2) is 21.8 Å². The summed E-state index contributed by atoms with van der Waals surface area (Å²) >= 11 is 0. The lowest BCUT2D eigenvalue weighted by atomic mass is 10.0. The lowest BCUT2D eigenvalue weighted by Gasteiger charge is -2.25. The van der Waals surface area contributed by atoms with Crippen LogP contribution >= 0.6 is 0 Å². The van der Waals surface area contributed by atoms with Crippen molar-refractivity contribution in [3.05, 3.63) is 100 Å². The van der Waals surface area contributed by atoms with Crippen LogP contribution in [0.15, 0.2) is 66.7 Å². The van der Waals surface area contributed by atoms with Gasteiger partial charge in [0.25, 0.3) is 5.91 Å². The molecule has 0 fully saturated rings. The summed E-state index contributed by atoms with van der Waals surface area (Å²) in [6, 6.07) is 12.2. The quantitative estimate of drug-likeness (QED) is 0.451. The molecule has 1 heterocycles. The van der Waals surface area contributed by atoms with Gasteiger partial charge in [0.2, 0.25) is 5.91 Å². The smallest absolute Gasteiger partial charge is 0.416 e. The average molecular weight is 508 g/mol. The third kappa shape index (κ3) is 5.14. The van der Waals surface area contributed by atoms with Crippen LogP contribution < -0.4 is 5.32 Å². The van der Waals surface area contributed by atoms with Crippen molar-refractivity contribution in [2.45, 2.75) is 31.5 Å². The number of rotatable bonds is 5. The lowest BCUT2D eigenvalue weighted by Crippen LogP contribution is -2.38. The van der Waals surface area contributed by atoms with E-state index in [0.29, 0.717) is 23.3 Å². The molecule has 0 radical (unpaired) electrons. The van der Waals surface area contributed by atoms with Gasteiger partial charge in [-0.25, -0.2) is 0 Å². The molecule has 0 aromatic heterocycles. The predicted octanol–water partition coefficient (Wildman–Crippen LogP) is 5.44. The zero-order valence-corrected chi connectivity index (χ0v) is 18.3. The van der Waals surface area contributed by atoms with E-state index in [2.05, 4.69) is 5.32 Å². The summed E-state index contributed by atoms with van der Waals surface area (Å²) in [4.78, 5) is 27.4. The van der Waals surface area contributed by atoms with E-state index in [9.17, 15) is 41.0 Å². The Balaban J connectivity index is 1.61. The van der Waals surface area contributed by atoms with Gasteiger partial charge in [0.15, 0.2) is 0 Å². The standard InChI is InChI=1S/C25H18F6N2O3/c26-24(27,28)16-9-15(10-17(11-16)25(29,30)31)12-32-22(35)21-19-3-1-2-4-20(19)23(36)33(21)13-14-5-7-18(34)8-6-14/h1-11,21,34H,12-13H2,(H,32,35). The summed E-state index contributed by atoms with van der Waals surface area (Å²) in [5.41, 5.74) is -2.16. The number of hydrogen-bond donors (Lipinski definition) is 2. The van der Waals surface area contributed by atoms with E-state index in [0.717, 1.165) is 0 Å². The van der Waals surface area contributed by atoms with Gasteiger partial charge in [-0.15, -0.1) is 0 Å². The summed E-state index contributed by atoms with van der Waals surface area (Å²) in [6.45, 7) is -0.639. The fraction of sp³-hybridized carbons (Fsp3) is 0.200. The maximum absolute atomic E-state index is 13.2. The molecule has 0 saturated heterocycles. The second kappa shape index (κ2) is 9.21. The first-order valence-corrected chi connectivity index (χ1v) is 10.6. The maximum Gasteiger partial charge on any atom is 0.416 e. The predicted molar refractivity (Wildman–Crippen MR) is 115 cm³/mol. The highest BCUT2D eigenvalue weighted by Crippen LogP contribution is 2.37. The van der Waals surface area contributed by atoms with Gasteiger partial charge in [-0.3, -0.25) is 9.59 Å². The van der Waals surface area contributed by atoms with Crippen LogP contribution in [0.3, 0.4) is 0 Å². The van der Waals surface area contributed by atoms with E-state index in [-0.39, 0.29) is 23.9 Å². The SMILES string of the molecule is O=C(NCc1cc(C(F)(F)F)cc(C(F)(F)F)c1)C1c2ccccc2C(=O)N1Cc1ccc(O)cc1. The Bertz CT molecular complexity index is 1270. The number of phenols is 1. The van der Waals surface area contributed by atoms with Crippen LogP contribution in [-0.2, 0) is 30.2 Å². The van der Waals surface area contributed by atoms with Gasteiger partial charge in [-0.1, -0.05) is 30.3 Å². The molecule has 2 N–H and O–H groups in total. The van der Waals surface area contributed by atoms with E-state index >= 15 is 0 Å². The Kier molecular flexibility index (Phi) is 6.42. The zero-order chi connectivity index (χ0) is 26.3. The lowest BCUT2D eigenvalue weighted by molar-refractivity contribution is -0.143. The normalized spacial score (nSPS) is 15.7. The number of phenolic OH excluding ortho intramolecular Hbond substituents is 1. The molecule has 0 spiro atoms. The summed E-state index contributed by atoms with van der Waals surface area (Å²) in [5.74, 6) is -1.22. The molecule has 11 heteroatoms. The number of benzene rings is 3. The molecule has 0 aliphatic carbocycles. The molecule has 1 unspecified atom stereocenters. The highest BCUT2D eigenvalue weighted by atomic mass is 19.4. The van der Waals surface area contributed by atoms with Crippen LogP contribution in [0.25, 0.3) is 0 Å². The van der Waals surface area contributed by atoms with Crippen molar-refractivity contribution in [3.63, 3.8) is 0 Å². The number of carbonyl (C=O) groups is 2. The van der Waals surface area contributed by atoms with Gasteiger partial charge in [-0.2, -0.15) is 26.3 Å². The van der Waals surface area contributed by atoms with Gasteiger partial charge in [0.05, 0.1) is 11.1 Å². The van der Waals surface area contributed by atoms with Crippen molar-refractivity contribution >= 4 is 11.8 Å².